The summed E-state index contributed by atoms with van der Waals surface area (Å²) in [5.41, 5.74) is 5.46. The van der Waals surface area contributed by atoms with Gasteiger partial charge in [-0.25, -0.2) is 17.6 Å². The maximum Gasteiger partial charge on any atom is 0.150 e. The molecule has 0 aliphatic rings. The van der Waals surface area contributed by atoms with E-state index in [-0.39, 0.29) is 11.4 Å². The topological polar surface area (TPSA) is 6.48 Å². The summed E-state index contributed by atoms with van der Waals surface area (Å²) in [5.74, 6) is -2.75. The summed E-state index contributed by atoms with van der Waals surface area (Å²) in [6.07, 6.45) is 0. The molecule has 0 saturated carbocycles. The Morgan fingerprint density at radius 3 is 1.05 bits per heavy atom. The molecule has 8 heteroatoms. The van der Waals surface area contributed by atoms with Crippen LogP contribution in [0.1, 0.15) is 0 Å². The van der Waals surface area contributed by atoms with E-state index in [1.54, 1.807) is 0 Å². The first-order valence-electron chi connectivity index (χ1n) is 25.1. The van der Waals surface area contributed by atoms with Crippen molar-refractivity contribution in [1.29, 1.82) is 0 Å². The quantitative estimate of drug-likeness (QED) is 0.0765. The van der Waals surface area contributed by atoms with Crippen LogP contribution in [0.2, 0.25) is 39.3 Å². The molecule has 0 N–H and O–H groups in total. The average Bonchev–Trinajstić information content (AvgIpc) is 3.40. The van der Waals surface area contributed by atoms with E-state index in [2.05, 4.69) is 99.9 Å². The number of halogens is 4. The predicted octanol–water partition coefficient (Wildman–Crippen LogP) is 18.8. The van der Waals surface area contributed by atoms with Crippen LogP contribution in [0.3, 0.4) is 0 Å². The minimum atomic E-state index is -1.75. The van der Waals surface area contributed by atoms with Crippen molar-refractivity contribution in [3.63, 3.8) is 0 Å². The number of fused-ring (bicyclic) bond motifs is 2. The summed E-state index contributed by atoms with van der Waals surface area (Å²) in [5, 5.41) is 11.9. The SMILES string of the molecule is C[Si](C)(C)c1ccc(N(c2c(F)cc(F)cc2-c2ccc3ccccc3c2)c2ccc3ccc4c(N(c5ccc([Si](C)(C)C)cc5)c5c(F)cc(F)cc5-c5ccc6ccccc6c5)ccc5ccc2c3c54)cc1. The zero-order chi connectivity index (χ0) is 51.2. The second-order valence-electron chi connectivity index (χ2n) is 21.5. The zero-order valence-electron chi connectivity index (χ0n) is 42.0. The molecule has 362 valence electrons. The molecule has 0 spiro atoms. The van der Waals surface area contributed by atoms with Gasteiger partial charge in [-0.1, -0.05) is 183 Å². The number of nitrogens with zero attached hydrogens (tertiary/aromatic N) is 2. The van der Waals surface area contributed by atoms with Crippen molar-refractivity contribution in [2.24, 2.45) is 0 Å². The number of benzene rings is 12. The standard InChI is InChI=1S/C66H52F4N2Si2/c1-73(2,3)53-27-23-51(24-28-53)71(65-57(37-49(67)39-59(65)69)47-17-15-41-11-7-9-13-45(41)35-47)61-33-21-43-20-32-56-62(34-22-44-19-31-55(61)63(43)64(44)56)72(52-25-29-54(30-26-52)74(4,5)6)66-58(38-50(68)40-60(66)70)48-18-16-42-12-8-10-14-46(42)36-48/h7-40H,1-6H3. The first-order chi connectivity index (χ1) is 35.6. The van der Waals surface area contributed by atoms with Gasteiger partial charge in [-0.3, -0.25) is 0 Å². The van der Waals surface area contributed by atoms with Gasteiger partial charge in [0.05, 0.1) is 38.9 Å². The lowest BCUT2D eigenvalue weighted by Crippen LogP contribution is -2.37. The Labute approximate surface area is 430 Å². The van der Waals surface area contributed by atoms with E-state index < -0.39 is 39.4 Å². The van der Waals surface area contributed by atoms with Gasteiger partial charge in [0.1, 0.15) is 11.6 Å². The van der Waals surface area contributed by atoms with Crippen LogP contribution in [0.25, 0.3) is 76.1 Å². The van der Waals surface area contributed by atoms with E-state index in [4.69, 9.17) is 0 Å². The molecule has 12 aromatic carbocycles. The molecule has 0 bridgehead atoms. The van der Waals surface area contributed by atoms with Crippen molar-refractivity contribution >= 4 is 115 Å². The number of rotatable bonds is 10. The van der Waals surface area contributed by atoms with Gasteiger partial charge in [0.15, 0.2) is 11.6 Å². The minimum absolute atomic E-state index is 0.221. The smallest absolute Gasteiger partial charge is 0.150 e. The predicted molar refractivity (Wildman–Crippen MR) is 311 cm³/mol. The van der Waals surface area contributed by atoms with Gasteiger partial charge < -0.3 is 9.80 Å². The van der Waals surface area contributed by atoms with Gasteiger partial charge in [-0.05, 0) is 115 Å². The number of hydrogen-bond acceptors (Lipinski definition) is 2. The number of hydrogen-bond donors (Lipinski definition) is 0. The van der Waals surface area contributed by atoms with Crippen LogP contribution in [0.15, 0.2) is 206 Å². The van der Waals surface area contributed by atoms with Crippen LogP contribution >= 0.6 is 0 Å². The average molecular weight is 1010 g/mol. The van der Waals surface area contributed by atoms with E-state index in [1.807, 2.05) is 131 Å². The molecule has 74 heavy (non-hydrogen) atoms. The Hall–Kier alpha value is -8.05. The van der Waals surface area contributed by atoms with Gasteiger partial charge in [0.25, 0.3) is 0 Å². The van der Waals surface area contributed by atoms with Crippen LogP contribution in [0, 0.1) is 23.3 Å². The lowest BCUT2D eigenvalue weighted by atomic mass is 9.91. The zero-order valence-corrected chi connectivity index (χ0v) is 44.0. The van der Waals surface area contributed by atoms with E-state index >= 15 is 17.6 Å². The highest BCUT2D eigenvalue weighted by Gasteiger charge is 2.29. The molecular weight excluding hydrogens is 953 g/mol. The fraction of sp³-hybridized carbons (Fsp3) is 0.0909. The third-order valence-corrected chi connectivity index (χ3v) is 18.8. The molecular formula is C66H52F4N2Si2. The lowest BCUT2D eigenvalue weighted by molar-refractivity contribution is 0.584. The lowest BCUT2D eigenvalue weighted by Gasteiger charge is -2.32. The van der Waals surface area contributed by atoms with Crippen molar-refractivity contribution < 1.29 is 17.6 Å². The van der Waals surface area contributed by atoms with Gasteiger partial charge in [0, 0.05) is 45.4 Å². The molecule has 0 aliphatic heterocycles. The van der Waals surface area contributed by atoms with E-state index in [0.717, 1.165) is 77.4 Å². The van der Waals surface area contributed by atoms with Crippen LogP contribution in [-0.4, -0.2) is 16.1 Å². The van der Waals surface area contributed by atoms with Crippen LogP contribution in [-0.2, 0) is 0 Å². The van der Waals surface area contributed by atoms with Crippen LogP contribution < -0.4 is 20.2 Å². The van der Waals surface area contributed by atoms with Gasteiger partial charge in [0.2, 0.25) is 0 Å². The summed E-state index contributed by atoms with van der Waals surface area (Å²) in [6.45, 7) is 13.8. The summed E-state index contributed by atoms with van der Waals surface area (Å²) < 4.78 is 66.1. The van der Waals surface area contributed by atoms with Crippen LogP contribution in [0.4, 0.5) is 51.7 Å². The number of anilines is 6. The molecule has 0 radical (unpaired) electrons. The summed E-state index contributed by atoms with van der Waals surface area (Å²) >= 11 is 0. The molecule has 0 fully saturated rings. The van der Waals surface area contributed by atoms with Crippen molar-refractivity contribution in [3.05, 3.63) is 230 Å². The van der Waals surface area contributed by atoms with Crippen LogP contribution in [0.5, 0.6) is 0 Å². The minimum Gasteiger partial charge on any atom is -0.307 e. The second kappa shape index (κ2) is 17.9. The molecule has 12 aromatic rings. The van der Waals surface area contributed by atoms with E-state index in [0.29, 0.717) is 33.6 Å². The molecule has 0 atom stereocenters. The van der Waals surface area contributed by atoms with Crippen molar-refractivity contribution in [2.45, 2.75) is 39.3 Å². The second-order valence-corrected chi connectivity index (χ2v) is 31.7. The first kappa shape index (κ1) is 47.0. The first-order valence-corrected chi connectivity index (χ1v) is 32.1. The van der Waals surface area contributed by atoms with Gasteiger partial charge in [-0.2, -0.15) is 0 Å². The fourth-order valence-electron chi connectivity index (χ4n) is 10.9. The molecule has 2 nitrogen and oxygen atoms in total. The van der Waals surface area contributed by atoms with Gasteiger partial charge in [-0.15, -0.1) is 0 Å². The third kappa shape index (κ3) is 8.19. The Kier molecular flexibility index (Phi) is 11.3. The molecule has 0 saturated heterocycles. The fourth-order valence-corrected chi connectivity index (χ4v) is 13.2. The summed E-state index contributed by atoms with van der Waals surface area (Å²) in [6, 6.07) is 65.8. The maximum atomic E-state index is 17.3. The van der Waals surface area contributed by atoms with E-state index in [9.17, 15) is 0 Å². The normalized spacial score (nSPS) is 12.2. The Balaban J connectivity index is 1.13. The van der Waals surface area contributed by atoms with Crippen molar-refractivity contribution in [2.75, 3.05) is 9.80 Å². The van der Waals surface area contributed by atoms with Gasteiger partial charge >= 0.3 is 0 Å². The molecule has 0 heterocycles. The van der Waals surface area contributed by atoms with Crippen molar-refractivity contribution in [3.8, 4) is 22.3 Å². The van der Waals surface area contributed by atoms with Crippen molar-refractivity contribution in [1.82, 2.24) is 0 Å². The summed E-state index contributed by atoms with van der Waals surface area (Å²) in [7, 11) is -3.50. The highest BCUT2D eigenvalue weighted by atomic mass is 28.3. The largest absolute Gasteiger partial charge is 0.307 e. The van der Waals surface area contributed by atoms with E-state index in [1.165, 1.54) is 22.5 Å². The Morgan fingerprint density at radius 2 is 0.676 bits per heavy atom. The molecule has 0 unspecified atom stereocenters. The highest BCUT2D eigenvalue weighted by Crippen LogP contribution is 2.51. The maximum absolute atomic E-state index is 17.3. The Morgan fingerprint density at radius 1 is 0.324 bits per heavy atom. The third-order valence-electron chi connectivity index (χ3n) is 14.7. The Bertz CT molecular complexity index is 3890. The molecule has 0 amide bonds. The highest BCUT2D eigenvalue weighted by molar-refractivity contribution is 6.89. The molecule has 12 rings (SSSR count). The monoisotopic (exact) mass is 1000 g/mol. The summed E-state index contributed by atoms with van der Waals surface area (Å²) in [4.78, 5) is 3.88. The molecule has 0 aliphatic carbocycles. The molecule has 0 aromatic heterocycles.